The Morgan fingerprint density at radius 3 is 1.57 bits per heavy atom. The summed E-state index contributed by atoms with van der Waals surface area (Å²) < 4.78 is 0. The van der Waals surface area contributed by atoms with Gasteiger partial charge in [0, 0.05) is 0 Å². The molecular formula is C13H29N3O6Se. The van der Waals surface area contributed by atoms with Crippen molar-refractivity contribution in [3.05, 3.63) is 0 Å². The van der Waals surface area contributed by atoms with E-state index in [4.69, 9.17) is 26.8 Å². The van der Waals surface area contributed by atoms with Crippen LogP contribution in [0.5, 0.6) is 0 Å². The Bertz CT molecular complexity index is 342. The van der Waals surface area contributed by atoms with Crippen LogP contribution < -0.4 is 17.2 Å². The average Bonchev–Trinajstić information content (AvgIpc) is 2.44. The van der Waals surface area contributed by atoms with E-state index in [1.54, 1.807) is 0 Å². The van der Waals surface area contributed by atoms with Crippen LogP contribution in [0.15, 0.2) is 0 Å². The first-order chi connectivity index (χ1) is 10.5. The Labute approximate surface area is 142 Å². The Morgan fingerprint density at radius 1 is 1.00 bits per heavy atom. The van der Waals surface area contributed by atoms with Crippen molar-refractivity contribution in [1.29, 1.82) is 0 Å². The Kier molecular flexibility index (Phi) is 19.9. The number of carboxylic acids is 3. The maximum absolute atomic E-state index is 10.1. The summed E-state index contributed by atoms with van der Waals surface area (Å²) >= 11 is 0.549. The fourth-order valence-corrected chi connectivity index (χ4v) is 2.00. The molecule has 0 radical (unpaired) electrons. The van der Waals surface area contributed by atoms with Crippen LogP contribution >= 0.6 is 0 Å². The summed E-state index contributed by atoms with van der Waals surface area (Å²) in [5.74, 6) is -0.342. The molecule has 0 saturated heterocycles. The molecule has 0 amide bonds. The van der Waals surface area contributed by atoms with E-state index >= 15 is 0 Å². The fourth-order valence-electron chi connectivity index (χ4n) is 0.977. The Hall–Kier alpha value is -1.19. The standard InChI is InChI=1S/C6H13NO2.C5H11NO2Se.C2H5NO2/c1-4(2)3-5(7)6(8)9;1-9-3-2-4(6)5(7)8;3-1-2(4)5/h4-5H,3,7H2,1-2H3,(H,8,9);4H,2-3,6H2,1H3,(H,7,8);1,3H2,(H,4,5). The number of aliphatic carboxylic acids is 3. The third-order valence-electron chi connectivity index (χ3n) is 2.17. The van der Waals surface area contributed by atoms with E-state index < -0.39 is 30.0 Å². The van der Waals surface area contributed by atoms with Crippen LogP contribution in [-0.2, 0) is 14.4 Å². The Balaban J connectivity index is -0.000000273. The van der Waals surface area contributed by atoms with Crippen molar-refractivity contribution in [2.75, 3.05) is 6.54 Å². The third kappa shape index (κ3) is 26.1. The van der Waals surface area contributed by atoms with Gasteiger partial charge in [0.15, 0.2) is 0 Å². The second-order valence-corrected chi connectivity index (χ2v) is 6.97. The quantitative estimate of drug-likeness (QED) is 0.289. The topological polar surface area (TPSA) is 190 Å². The zero-order chi connectivity index (χ0) is 19.0. The molecule has 0 aliphatic heterocycles. The van der Waals surface area contributed by atoms with Crippen LogP contribution in [0.25, 0.3) is 0 Å². The molecule has 0 aromatic rings. The van der Waals surface area contributed by atoms with Gasteiger partial charge in [0.05, 0.1) is 6.54 Å². The number of carbonyl (C=O) groups is 3. The predicted molar refractivity (Wildman–Crippen MR) is 88.4 cm³/mol. The summed E-state index contributed by atoms with van der Waals surface area (Å²) in [5, 5.41) is 25.2. The fraction of sp³-hybridized carbons (Fsp3) is 0.769. The summed E-state index contributed by atoms with van der Waals surface area (Å²) in [7, 11) is 0. The van der Waals surface area contributed by atoms with E-state index in [2.05, 4.69) is 11.6 Å². The molecule has 0 heterocycles. The molecule has 0 aliphatic carbocycles. The molecule has 2 atom stereocenters. The summed E-state index contributed by atoms with van der Waals surface area (Å²) in [5.41, 5.74) is 15.0. The molecule has 10 heteroatoms. The van der Waals surface area contributed by atoms with Crippen molar-refractivity contribution < 1.29 is 29.7 Å². The number of nitrogens with two attached hydrogens (primary N) is 3. The molecule has 0 spiro atoms. The molecule has 23 heavy (non-hydrogen) atoms. The first-order valence-corrected chi connectivity index (χ1v) is 9.79. The molecule has 9 nitrogen and oxygen atoms in total. The van der Waals surface area contributed by atoms with Gasteiger partial charge in [-0.1, -0.05) is 13.8 Å². The Morgan fingerprint density at radius 2 is 1.39 bits per heavy atom. The molecule has 0 fully saturated rings. The first-order valence-electron chi connectivity index (χ1n) is 6.87. The number of carboxylic acid groups (broad SMARTS) is 3. The van der Waals surface area contributed by atoms with Crippen LogP contribution in [-0.4, -0.2) is 66.8 Å². The average molecular weight is 402 g/mol. The minimum atomic E-state index is -0.968. The monoisotopic (exact) mass is 403 g/mol. The van der Waals surface area contributed by atoms with Crippen LogP contribution in [0, 0.1) is 5.92 Å². The first kappa shape index (κ1) is 26.7. The molecule has 138 valence electrons. The normalized spacial score (nSPS) is 12.1. The number of hydrogen-bond acceptors (Lipinski definition) is 6. The molecule has 0 rings (SSSR count). The summed E-state index contributed by atoms with van der Waals surface area (Å²) in [4.78, 5) is 29.4. The summed E-state index contributed by atoms with van der Waals surface area (Å²) in [6.07, 6.45) is 1.17. The molecule has 0 aliphatic rings. The molecule has 0 aromatic heterocycles. The van der Waals surface area contributed by atoms with Gasteiger partial charge in [-0.05, 0) is 12.3 Å². The van der Waals surface area contributed by atoms with Crippen molar-refractivity contribution in [1.82, 2.24) is 0 Å². The zero-order valence-corrected chi connectivity index (χ0v) is 15.5. The van der Waals surface area contributed by atoms with E-state index in [1.807, 2.05) is 13.8 Å². The maximum atomic E-state index is 10.1. The third-order valence-corrected chi connectivity index (χ3v) is 3.52. The molecule has 2 unspecified atom stereocenters. The van der Waals surface area contributed by atoms with Crippen molar-refractivity contribution in [2.45, 2.75) is 49.9 Å². The molecular weight excluding hydrogens is 373 g/mol. The van der Waals surface area contributed by atoms with Gasteiger partial charge in [-0.2, -0.15) is 0 Å². The van der Waals surface area contributed by atoms with Crippen molar-refractivity contribution >= 4 is 32.9 Å². The van der Waals surface area contributed by atoms with Gasteiger partial charge in [-0.25, -0.2) is 0 Å². The van der Waals surface area contributed by atoms with Gasteiger partial charge < -0.3 is 21.7 Å². The number of rotatable bonds is 8. The SMILES string of the molecule is CC(C)CC(N)C(=O)O.C[Se]CCC(N)C(=O)O.NCC(=O)O. The van der Waals surface area contributed by atoms with Gasteiger partial charge >= 0.3 is 72.1 Å². The summed E-state index contributed by atoms with van der Waals surface area (Å²) in [6.45, 7) is 3.62. The zero-order valence-electron chi connectivity index (χ0n) is 13.8. The molecule has 9 N–H and O–H groups in total. The summed E-state index contributed by atoms with van der Waals surface area (Å²) in [6, 6.07) is -1.34. The second-order valence-electron chi connectivity index (χ2n) is 4.90. The van der Waals surface area contributed by atoms with Crippen LogP contribution in [0.4, 0.5) is 0 Å². The predicted octanol–water partition coefficient (Wildman–Crippen LogP) is -0.567. The van der Waals surface area contributed by atoms with Gasteiger partial charge in [0.25, 0.3) is 0 Å². The molecule has 0 aromatic carbocycles. The van der Waals surface area contributed by atoms with Gasteiger partial charge in [-0.3, -0.25) is 9.59 Å². The molecule has 0 bridgehead atoms. The van der Waals surface area contributed by atoms with E-state index in [1.165, 1.54) is 0 Å². The number of hydrogen-bond donors (Lipinski definition) is 6. The van der Waals surface area contributed by atoms with E-state index in [9.17, 15) is 14.4 Å². The van der Waals surface area contributed by atoms with Crippen molar-refractivity contribution in [3.8, 4) is 0 Å². The van der Waals surface area contributed by atoms with Crippen LogP contribution in [0.1, 0.15) is 26.7 Å². The van der Waals surface area contributed by atoms with Gasteiger partial charge in [-0.15, -0.1) is 0 Å². The van der Waals surface area contributed by atoms with Gasteiger partial charge in [0.2, 0.25) is 0 Å². The smallest absolute Gasteiger partial charge is 0.317 e. The van der Waals surface area contributed by atoms with E-state index in [0.717, 1.165) is 5.32 Å². The van der Waals surface area contributed by atoms with E-state index in [-0.39, 0.29) is 6.54 Å². The molecule has 0 saturated carbocycles. The van der Waals surface area contributed by atoms with Crippen LogP contribution in [0.2, 0.25) is 11.1 Å². The maximum Gasteiger partial charge on any atom is 0.317 e. The second kappa shape index (κ2) is 17.2. The minimum Gasteiger partial charge on any atom is -0.480 e. The van der Waals surface area contributed by atoms with Crippen molar-refractivity contribution in [3.63, 3.8) is 0 Å². The minimum absolute atomic E-state index is 0.278. The van der Waals surface area contributed by atoms with Crippen LogP contribution in [0.3, 0.4) is 0 Å². The largest absolute Gasteiger partial charge is 0.480 e. The van der Waals surface area contributed by atoms with E-state index in [0.29, 0.717) is 33.7 Å². The van der Waals surface area contributed by atoms with Crippen molar-refractivity contribution in [2.24, 2.45) is 23.1 Å². The van der Waals surface area contributed by atoms with Gasteiger partial charge in [0.1, 0.15) is 6.04 Å².